The van der Waals surface area contributed by atoms with Crippen LogP contribution in [0.2, 0.25) is 0 Å². The second-order valence-corrected chi connectivity index (χ2v) is 9.55. The molecule has 3 atom stereocenters. The lowest BCUT2D eigenvalue weighted by Gasteiger charge is -2.48. The van der Waals surface area contributed by atoms with E-state index in [0.29, 0.717) is 37.0 Å². The Morgan fingerprint density at radius 1 is 1.06 bits per heavy atom. The van der Waals surface area contributed by atoms with Crippen LogP contribution in [-0.2, 0) is 11.3 Å². The first-order chi connectivity index (χ1) is 16.2. The Morgan fingerprint density at radius 2 is 1.79 bits per heavy atom. The molecule has 33 heavy (non-hydrogen) atoms. The highest BCUT2D eigenvalue weighted by Gasteiger charge is 2.40. The smallest absolute Gasteiger partial charge is 0.272 e. The molecule has 0 spiro atoms. The Kier molecular flexibility index (Phi) is 5.31. The number of morpholine rings is 1. The van der Waals surface area contributed by atoms with Gasteiger partial charge in [-0.15, -0.1) is 0 Å². The molecular weight excluding hydrogens is 416 g/mol. The minimum absolute atomic E-state index is 0.0572. The highest BCUT2D eigenvalue weighted by Crippen LogP contribution is 2.37. The Morgan fingerprint density at radius 3 is 2.48 bits per heavy atom. The second kappa shape index (κ2) is 8.47. The third-order valence-corrected chi connectivity index (χ3v) is 7.25. The quantitative estimate of drug-likeness (QED) is 0.627. The highest BCUT2D eigenvalue weighted by atomic mass is 16.5. The van der Waals surface area contributed by atoms with Gasteiger partial charge in [-0.1, -0.05) is 30.3 Å². The van der Waals surface area contributed by atoms with Crippen molar-refractivity contribution in [1.82, 2.24) is 20.0 Å². The molecule has 2 aromatic carbocycles. The topological polar surface area (TPSA) is 68.6 Å². The molecule has 0 unspecified atom stereocenters. The molecule has 6 rings (SSSR count). The van der Waals surface area contributed by atoms with Gasteiger partial charge in [-0.3, -0.25) is 14.4 Å². The number of ether oxygens (including phenoxy) is 2. The zero-order chi connectivity index (χ0) is 22.4. The summed E-state index contributed by atoms with van der Waals surface area (Å²) in [5, 5.41) is 8.99. The predicted molar refractivity (Wildman–Crippen MR) is 125 cm³/mol. The van der Waals surface area contributed by atoms with Crippen LogP contribution in [0.4, 0.5) is 0 Å². The van der Waals surface area contributed by atoms with Crippen LogP contribution in [0.3, 0.4) is 0 Å². The number of benzene rings is 2. The third-order valence-electron chi connectivity index (χ3n) is 7.25. The van der Waals surface area contributed by atoms with E-state index in [1.54, 1.807) is 7.11 Å². The monoisotopic (exact) mass is 446 g/mol. The summed E-state index contributed by atoms with van der Waals surface area (Å²) in [6.07, 6.45) is 4.06. The lowest BCUT2D eigenvalue weighted by Crippen LogP contribution is -2.60. The number of hydrogen-bond acceptors (Lipinski definition) is 5. The minimum Gasteiger partial charge on any atom is -0.497 e. The molecule has 3 fully saturated rings. The van der Waals surface area contributed by atoms with Crippen molar-refractivity contribution in [1.29, 1.82) is 0 Å². The van der Waals surface area contributed by atoms with Gasteiger partial charge < -0.3 is 14.8 Å². The van der Waals surface area contributed by atoms with Gasteiger partial charge in [-0.05, 0) is 49.4 Å². The van der Waals surface area contributed by atoms with Gasteiger partial charge in [0.05, 0.1) is 31.9 Å². The molecule has 3 heterocycles. The molecular formula is C26H30N4O3. The van der Waals surface area contributed by atoms with E-state index >= 15 is 0 Å². The minimum atomic E-state index is -0.0572. The average Bonchev–Trinajstić information content (AvgIpc) is 3.60. The van der Waals surface area contributed by atoms with E-state index < -0.39 is 0 Å². The molecule has 1 aromatic heterocycles. The second-order valence-electron chi connectivity index (χ2n) is 9.55. The van der Waals surface area contributed by atoms with Crippen LogP contribution in [0.25, 0.3) is 10.9 Å². The lowest BCUT2D eigenvalue weighted by atomic mass is 9.89. The number of nitrogens with zero attached hydrogens (tertiary/aromatic N) is 3. The number of carbonyl (C=O) groups is 1. The molecule has 2 aliphatic heterocycles. The first kappa shape index (κ1) is 20.7. The maximum Gasteiger partial charge on any atom is 0.272 e. The maximum atomic E-state index is 13.3. The Labute approximate surface area is 193 Å². The van der Waals surface area contributed by atoms with E-state index in [4.69, 9.17) is 14.6 Å². The summed E-state index contributed by atoms with van der Waals surface area (Å²) in [5.41, 5.74) is 2.89. The van der Waals surface area contributed by atoms with Crippen LogP contribution >= 0.6 is 0 Å². The average molecular weight is 447 g/mol. The van der Waals surface area contributed by atoms with Crippen LogP contribution in [0.1, 0.15) is 47.8 Å². The summed E-state index contributed by atoms with van der Waals surface area (Å²) in [4.78, 5) is 15.8. The fraction of sp³-hybridized carbons (Fsp3) is 0.462. The molecule has 3 aliphatic rings. The molecule has 0 radical (unpaired) electrons. The van der Waals surface area contributed by atoms with Crippen LogP contribution in [0, 0.1) is 0 Å². The molecule has 7 nitrogen and oxygen atoms in total. The number of rotatable bonds is 6. The molecule has 1 aliphatic carbocycles. The zero-order valence-corrected chi connectivity index (χ0v) is 18.9. The maximum absolute atomic E-state index is 13.3. The van der Waals surface area contributed by atoms with Crippen molar-refractivity contribution < 1.29 is 14.3 Å². The van der Waals surface area contributed by atoms with Crippen molar-refractivity contribution in [3.05, 3.63) is 59.8 Å². The van der Waals surface area contributed by atoms with Crippen LogP contribution in [0.5, 0.6) is 5.75 Å². The summed E-state index contributed by atoms with van der Waals surface area (Å²) in [7, 11) is 1.69. The molecule has 2 saturated heterocycles. The van der Waals surface area contributed by atoms with Crippen molar-refractivity contribution in [2.45, 2.75) is 56.4 Å². The van der Waals surface area contributed by atoms with E-state index in [9.17, 15) is 4.79 Å². The van der Waals surface area contributed by atoms with Crippen molar-refractivity contribution in [2.75, 3.05) is 20.3 Å². The SMILES string of the molecule is COc1ccc(CN2[C@@H]3COC[C@H]2C[C@@H](NC(=O)c2nn(C4CC4)c4ccccc24)C3)cc1. The number of methoxy groups -OCH3 is 1. The van der Waals surface area contributed by atoms with Gasteiger partial charge in [0.2, 0.25) is 0 Å². The lowest BCUT2D eigenvalue weighted by molar-refractivity contribution is -0.0843. The van der Waals surface area contributed by atoms with Gasteiger partial charge in [-0.25, -0.2) is 0 Å². The van der Waals surface area contributed by atoms with Crippen molar-refractivity contribution in [3.63, 3.8) is 0 Å². The molecule has 3 aromatic rings. The molecule has 172 valence electrons. The van der Waals surface area contributed by atoms with E-state index in [2.05, 4.69) is 28.4 Å². The largest absolute Gasteiger partial charge is 0.497 e. The number of amides is 1. The normalized spacial score (nSPS) is 25.2. The van der Waals surface area contributed by atoms with Gasteiger partial charge in [0.25, 0.3) is 5.91 Å². The predicted octanol–water partition coefficient (Wildman–Crippen LogP) is 3.54. The molecule has 1 N–H and O–H groups in total. The molecule has 7 heteroatoms. The molecule has 1 amide bonds. The van der Waals surface area contributed by atoms with Crippen LogP contribution in [0.15, 0.2) is 48.5 Å². The van der Waals surface area contributed by atoms with Gasteiger partial charge >= 0.3 is 0 Å². The van der Waals surface area contributed by atoms with Crippen LogP contribution < -0.4 is 10.1 Å². The number of carbonyl (C=O) groups excluding carboxylic acids is 1. The number of hydrogen-bond donors (Lipinski definition) is 1. The van der Waals surface area contributed by atoms with Crippen LogP contribution in [-0.4, -0.2) is 59.0 Å². The fourth-order valence-corrected chi connectivity index (χ4v) is 5.42. The number of fused-ring (bicyclic) bond motifs is 3. The Bertz CT molecular complexity index is 1140. The van der Waals surface area contributed by atoms with E-state index in [0.717, 1.165) is 48.9 Å². The number of para-hydroxylation sites is 1. The zero-order valence-electron chi connectivity index (χ0n) is 18.9. The summed E-state index contributed by atoms with van der Waals surface area (Å²) in [6, 6.07) is 17.5. The first-order valence-corrected chi connectivity index (χ1v) is 11.9. The highest BCUT2D eigenvalue weighted by molar-refractivity contribution is 6.05. The summed E-state index contributed by atoms with van der Waals surface area (Å²) < 4.78 is 13.2. The number of aromatic nitrogens is 2. The van der Waals surface area contributed by atoms with Crippen molar-refractivity contribution in [2.24, 2.45) is 0 Å². The van der Waals surface area contributed by atoms with Gasteiger partial charge in [0.1, 0.15) is 5.75 Å². The molecule has 1 saturated carbocycles. The number of nitrogens with one attached hydrogen (secondary N) is 1. The van der Waals surface area contributed by atoms with E-state index in [-0.39, 0.29) is 11.9 Å². The fourth-order valence-electron chi connectivity index (χ4n) is 5.42. The summed E-state index contributed by atoms with van der Waals surface area (Å²) in [5.74, 6) is 0.818. The molecule has 2 bridgehead atoms. The number of piperidine rings is 1. The van der Waals surface area contributed by atoms with E-state index in [1.807, 2.05) is 35.0 Å². The van der Waals surface area contributed by atoms with E-state index in [1.165, 1.54) is 5.56 Å². The van der Waals surface area contributed by atoms with Gasteiger partial charge in [0.15, 0.2) is 5.69 Å². The summed E-state index contributed by atoms with van der Waals surface area (Å²) in [6.45, 7) is 2.30. The Hall–Kier alpha value is -2.90. The van der Waals surface area contributed by atoms with Crippen molar-refractivity contribution >= 4 is 16.8 Å². The first-order valence-electron chi connectivity index (χ1n) is 11.9. The summed E-state index contributed by atoms with van der Waals surface area (Å²) >= 11 is 0. The van der Waals surface area contributed by atoms with Crippen molar-refractivity contribution in [3.8, 4) is 5.75 Å². The van der Waals surface area contributed by atoms with Gasteiger partial charge in [-0.2, -0.15) is 5.10 Å². The third kappa shape index (κ3) is 4.00. The van der Waals surface area contributed by atoms with Gasteiger partial charge in [0, 0.05) is 30.1 Å². The standard InChI is InChI=1S/C26H30N4O3/c1-32-22-10-6-17(7-11-22)14-29-20-12-18(13-21(29)16-33-15-20)27-26(31)25-23-4-2-3-5-24(23)30(28-25)19-8-9-19/h2-7,10-11,18-21H,8-9,12-16H2,1H3,(H,27,31)/t18-,20-,21+. The Balaban J connectivity index is 1.16.